The minimum atomic E-state index is -4.52. The first kappa shape index (κ1) is 20.1. The van der Waals surface area contributed by atoms with Gasteiger partial charge in [-0.1, -0.05) is 24.6 Å². The Morgan fingerprint density at radius 3 is 2.33 bits per heavy atom. The Kier molecular flexibility index (Phi) is 5.05. The molecule has 0 radical (unpaired) electrons. The van der Waals surface area contributed by atoms with Crippen molar-refractivity contribution in [2.24, 2.45) is 21.5 Å². The highest BCUT2D eigenvalue weighted by Crippen LogP contribution is 2.45. The fraction of sp³-hybridized carbons (Fsp3) is 0.333. The van der Waals surface area contributed by atoms with E-state index >= 15 is 0 Å². The molecule has 0 aromatic heterocycles. The topological polar surface area (TPSA) is 89.2 Å². The van der Waals surface area contributed by atoms with Crippen molar-refractivity contribution in [3.05, 3.63) is 54.1 Å². The second-order valence-electron chi connectivity index (χ2n) is 7.41. The summed E-state index contributed by atoms with van der Waals surface area (Å²) in [4.78, 5) is 10.1. The third kappa shape index (κ3) is 3.79. The van der Waals surface area contributed by atoms with E-state index in [4.69, 9.17) is 16.2 Å². The number of aliphatic imine (C=N–C) groups is 2. The van der Waals surface area contributed by atoms with Gasteiger partial charge in [-0.25, -0.2) is 4.99 Å². The van der Waals surface area contributed by atoms with Crippen molar-refractivity contribution in [1.29, 1.82) is 0 Å². The van der Waals surface area contributed by atoms with E-state index in [0.29, 0.717) is 18.6 Å². The molecule has 1 fully saturated rings. The van der Waals surface area contributed by atoms with Crippen LogP contribution in [0, 0.1) is 0 Å². The Bertz CT molecular complexity index is 982. The van der Waals surface area contributed by atoms with Crippen LogP contribution in [0.4, 0.5) is 18.9 Å². The van der Waals surface area contributed by atoms with E-state index in [0.717, 1.165) is 31.4 Å². The van der Waals surface area contributed by atoms with Gasteiger partial charge >= 0.3 is 6.18 Å². The molecule has 0 bridgehead atoms. The molecule has 0 amide bonds. The molecule has 9 heteroatoms. The van der Waals surface area contributed by atoms with E-state index in [9.17, 15) is 13.2 Å². The van der Waals surface area contributed by atoms with Crippen LogP contribution in [0.25, 0.3) is 0 Å². The molecular weight excluding hydrogens is 395 g/mol. The molecule has 30 heavy (non-hydrogen) atoms. The number of benzene rings is 2. The lowest BCUT2D eigenvalue weighted by atomic mass is 9.87. The number of nitrogens with zero attached hydrogens (tertiary/aromatic N) is 3. The zero-order valence-corrected chi connectivity index (χ0v) is 16.2. The summed E-state index contributed by atoms with van der Waals surface area (Å²) in [5.74, 6) is 0.754. The van der Waals surface area contributed by atoms with E-state index in [1.54, 1.807) is 29.2 Å². The minimum Gasteiger partial charge on any atom is -0.455 e. The van der Waals surface area contributed by atoms with Crippen LogP contribution >= 0.6 is 0 Å². The Balaban J connectivity index is 1.86. The summed E-state index contributed by atoms with van der Waals surface area (Å²) >= 11 is 0. The number of para-hydroxylation sites is 1. The molecule has 0 unspecified atom stereocenters. The maximum atomic E-state index is 13.5. The lowest BCUT2D eigenvalue weighted by molar-refractivity contribution is -0.137. The fourth-order valence-electron chi connectivity index (χ4n) is 4.04. The first-order chi connectivity index (χ1) is 14.3. The first-order valence-corrected chi connectivity index (χ1v) is 9.72. The summed E-state index contributed by atoms with van der Waals surface area (Å²) < 4.78 is 46.5. The number of hydrogen-bond donors (Lipinski definition) is 2. The first-order valence-electron chi connectivity index (χ1n) is 9.72. The maximum Gasteiger partial charge on any atom is 0.416 e. The van der Waals surface area contributed by atoms with Gasteiger partial charge in [-0.05, 0) is 56.0 Å². The molecule has 2 aromatic rings. The Morgan fingerprint density at radius 1 is 0.967 bits per heavy atom. The smallest absolute Gasteiger partial charge is 0.416 e. The van der Waals surface area contributed by atoms with Gasteiger partial charge < -0.3 is 16.2 Å². The average molecular weight is 417 g/mol. The molecule has 1 aliphatic heterocycles. The van der Waals surface area contributed by atoms with Gasteiger partial charge in [0.2, 0.25) is 11.9 Å². The number of guanidine groups is 2. The highest BCUT2D eigenvalue weighted by molar-refractivity contribution is 6.06. The van der Waals surface area contributed by atoms with E-state index in [1.165, 1.54) is 6.07 Å². The molecule has 2 aromatic carbocycles. The normalized spacial score (nSPS) is 18.7. The number of alkyl halides is 3. The van der Waals surface area contributed by atoms with E-state index in [2.05, 4.69) is 9.98 Å². The van der Waals surface area contributed by atoms with E-state index in [1.807, 2.05) is 6.07 Å². The average Bonchev–Trinajstić information content (AvgIpc) is 2.69. The molecular formula is C21H22F3N5O. The maximum absolute atomic E-state index is 13.5. The van der Waals surface area contributed by atoms with Crippen LogP contribution in [0.2, 0.25) is 0 Å². The van der Waals surface area contributed by atoms with Gasteiger partial charge in [-0.3, -0.25) is 4.90 Å². The Labute approximate surface area is 172 Å². The second kappa shape index (κ2) is 7.55. The van der Waals surface area contributed by atoms with Crippen LogP contribution in [-0.4, -0.2) is 17.6 Å². The van der Waals surface area contributed by atoms with Gasteiger partial charge in [0.25, 0.3) is 0 Å². The number of ether oxygens (including phenoxy) is 1. The third-order valence-corrected chi connectivity index (χ3v) is 5.35. The molecule has 1 heterocycles. The molecule has 0 atom stereocenters. The van der Waals surface area contributed by atoms with Gasteiger partial charge in [0.1, 0.15) is 11.4 Å². The summed E-state index contributed by atoms with van der Waals surface area (Å²) in [7, 11) is 0. The van der Waals surface area contributed by atoms with Gasteiger partial charge in [-0.15, -0.1) is 0 Å². The third-order valence-electron chi connectivity index (χ3n) is 5.35. The van der Waals surface area contributed by atoms with Crippen molar-refractivity contribution in [2.75, 3.05) is 4.90 Å². The fourth-order valence-corrected chi connectivity index (χ4v) is 4.04. The summed E-state index contributed by atoms with van der Waals surface area (Å²) in [6, 6.07) is 12.2. The van der Waals surface area contributed by atoms with Gasteiger partial charge in [0.05, 0.1) is 11.3 Å². The van der Waals surface area contributed by atoms with Gasteiger partial charge in [0, 0.05) is 0 Å². The highest BCUT2D eigenvalue weighted by atomic mass is 19.4. The van der Waals surface area contributed by atoms with Crippen molar-refractivity contribution < 1.29 is 17.9 Å². The molecule has 1 spiro atoms. The highest BCUT2D eigenvalue weighted by Gasteiger charge is 2.44. The zero-order chi connectivity index (χ0) is 21.4. The van der Waals surface area contributed by atoms with Crippen LogP contribution in [-0.2, 0) is 6.18 Å². The Hall–Kier alpha value is -3.23. The predicted molar refractivity (Wildman–Crippen MR) is 109 cm³/mol. The van der Waals surface area contributed by atoms with Crippen LogP contribution in [0.3, 0.4) is 0 Å². The summed E-state index contributed by atoms with van der Waals surface area (Å²) in [6.45, 7) is 0. The van der Waals surface area contributed by atoms with Crippen LogP contribution < -0.4 is 21.1 Å². The molecule has 2 aliphatic rings. The number of anilines is 1. The standard InChI is InChI=1S/C21H22F3N5O/c22-21(23,24)14-9-10-17(30-15-7-3-1-4-8-15)16(13-14)29-19(26)27-18(25)28-20(29)11-5-2-6-12-20/h1,3-4,7-10,13H,2,5-6,11-12H2,(H4,25,26,27,28). The molecule has 1 aliphatic carbocycles. The van der Waals surface area contributed by atoms with Crippen LogP contribution in [0.5, 0.6) is 11.5 Å². The molecule has 1 saturated carbocycles. The SMILES string of the molecule is NC1=NC2(CCCCC2)N(c2cc(C(F)(F)F)ccc2Oc2ccccc2)C(N)=N1. The van der Waals surface area contributed by atoms with E-state index in [-0.39, 0.29) is 23.4 Å². The summed E-state index contributed by atoms with van der Waals surface area (Å²) in [5.41, 5.74) is 10.6. The Morgan fingerprint density at radius 2 is 1.67 bits per heavy atom. The van der Waals surface area contributed by atoms with Crippen molar-refractivity contribution >= 4 is 17.6 Å². The van der Waals surface area contributed by atoms with Gasteiger partial charge in [-0.2, -0.15) is 18.2 Å². The quantitative estimate of drug-likeness (QED) is 0.763. The number of halogens is 3. The summed E-state index contributed by atoms with van der Waals surface area (Å²) in [6.07, 6.45) is -0.597. The molecule has 6 nitrogen and oxygen atoms in total. The zero-order valence-electron chi connectivity index (χ0n) is 16.2. The summed E-state index contributed by atoms with van der Waals surface area (Å²) in [5, 5.41) is 0. The lowest BCUT2D eigenvalue weighted by Gasteiger charge is -2.46. The monoisotopic (exact) mass is 417 g/mol. The molecule has 158 valence electrons. The van der Waals surface area contributed by atoms with Crippen molar-refractivity contribution in [3.8, 4) is 11.5 Å². The van der Waals surface area contributed by atoms with Crippen molar-refractivity contribution in [1.82, 2.24) is 0 Å². The number of rotatable bonds is 3. The van der Waals surface area contributed by atoms with Crippen molar-refractivity contribution in [3.63, 3.8) is 0 Å². The van der Waals surface area contributed by atoms with E-state index < -0.39 is 17.4 Å². The molecule has 4 rings (SSSR count). The number of hydrogen-bond acceptors (Lipinski definition) is 6. The van der Waals surface area contributed by atoms with Gasteiger partial charge in [0.15, 0.2) is 5.75 Å². The van der Waals surface area contributed by atoms with Crippen LogP contribution in [0.15, 0.2) is 58.5 Å². The molecule has 0 saturated heterocycles. The molecule has 4 N–H and O–H groups in total. The van der Waals surface area contributed by atoms with Crippen molar-refractivity contribution in [2.45, 2.75) is 43.9 Å². The predicted octanol–water partition coefficient (Wildman–Crippen LogP) is 4.61. The second-order valence-corrected chi connectivity index (χ2v) is 7.41. The lowest BCUT2D eigenvalue weighted by Crippen LogP contribution is -2.58. The minimum absolute atomic E-state index is 0.00151. The van der Waals surface area contributed by atoms with Crippen LogP contribution in [0.1, 0.15) is 37.7 Å². The number of nitrogens with two attached hydrogens (primary N) is 2. The largest absolute Gasteiger partial charge is 0.455 e.